The highest BCUT2D eigenvalue weighted by atomic mass is 32.1. The van der Waals surface area contributed by atoms with E-state index in [1.54, 1.807) is 54.2 Å². The normalized spacial score (nSPS) is 23.2. The maximum absolute atomic E-state index is 14.1. The van der Waals surface area contributed by atoms with E-state index in [2.05, 4.69) is 15.1 Å². The summed E-state index contributed by atoms with van der Waals surface area (Å²) in [5.41, 5.74) is -1.60. The second-order valence-electron chi connectivity index (χ2n) is 6.64. The van der Waals surface area contributed by atoms with E-state index in [-0.39, 0.29) is 17.5 Å². The van der Waals surface area contributed by atoms with Crippen LogP contribution < -0.4 is 9.75 Å². The number of ether oxygens (including phenoxy) is 1. The summed E-state index contributed by atoms with van der Waals surface area (Å²) in [4.78, 5) is 8.28. The van der Waals surface area contributed by atoms with Gasteiger partial charge in [-0.25, -0.2) is 4.98 Å². The first-order valence-corrected chi connectivity index (χ1v) is 9.53. The highest BCUT2D eigenvalue weighted by Gasteiger charge is 2.69. The zero-order valence-electron chi connectivity index (χ0n) is 14.7. The first kappa shape index (κ1) is 18.1. The molecule has 0 bridgehead atoms. The summed E-state index contributed by atoms with van der Waals surface area (Å²) in [5, 5.41) is 17.2. The van der Waals surface area contributed by atoms with E-state index >= 15 is 0 Å². The number of aliphatic hydroxyl groups is 1. The summed E-state index contributed by atoms with van der Waals surface area (Å²) in [6.45, 7) is -0.344. The van der Waals surface area contributed by atoms with Gasteiger partial charge in [0.05, 0.1) is 17.3 Å². The molecule has 1 aromatic carbocycles. The highest BCUT2D eigenvalue weighted by Crippen LogP contribution is 2.50. The molecule has 2 unspecified atom stereocenters. The van der Waals surface area contributed by atoms with Crippen molar-refractivity contribution in [2.24, 2.45) is 11.0 Å². The molecule has 4 heterocycles. The van der Waals surface area contributed by atoms with Gasteiger partial charge < -0.3 is 9.84 Å². The minimum Gasteiger partial charge on any atom is -0.492 e. The average Bonchev–Trinajstić information content (AvgIpc) is 3.32. The van der Waals surface area contributed by atoms with Crippen molar-refractivity contribution in [1.82, 2.24) is 9.97 Å². The fourth-order valence-corrected chi connectivity index (χ4v) is 4.36. The number of para-hydroxylation sites is 1. The predicted octanol–water partition coefficient (Wildman–Crippen LogP) is 3.69. The van der Waals surface area contributed by atoms with Gasteiger partial charge >= 0.3 is 6.18 Å². The van der Waals surface area contributed by atoms with Crippen LogP contribution in [0, 0.1) is 5.92 Å². The van der Waals surface area contributed by atoms with Crippen LogP contribution in [0.1, 0.15) is 5.56 Å². The van der Waals surface area contributed by atoms with Crippen LogP contribution in [-0.2, 0) is 0 Å². The second-order valence-corrected chi connectivity index (χ2v) is 7.47. The molecular formula is C19H13F3N4O2S. The zero-order valence-corrected chi connectivity index (χ0v) is 15.5. The van der Waals surface area contributed by atoms with E-state index < -0.39 is 17.8 Å². The molecule has 0 radical (unpaired) electrons. The number of benzene rings is 1. The van der Waals surface area contributed by atoms with Crippen LogP contribution in [0.3, 0.4) is 0 Å². The third-order valence-electron chi connectivity index (χ3n) is 4.96. The van der Waals surface area contributed by atoms with Crippen molar-refractivity contribution in [1.29, 1.82) is 0 Å². The summed E-state index contributed by atoms with van der Waals surface area (Å²) in [5.74, 6) is -0.966. The molecular weight excluding hydrogens is 405 g/mol. The van der Waals surface area contributed by atoms with Gasteiger partial charge in [0, 0.05) is 28.9 Å². The lowest BCUT2D eigenvalue weighted by Gasteiger charge is -2.38. The number of hydrogen-bond acceptors (Lipinski definition) is 7. The van der Waals surface area contributed by atoms with Gasteiger partial charge in [-0.1, -0.05) is 12.1 Å². The molecule has 148 valence electrons. The molecule has 1 N–H and O–H groups in total. The number of rotatable bonds is 2. The fraction of sp³-hybridized carbons (Fsp3) is 0.211. The van der Waals surface area contributed by atoms with Gasteiger partial charge in [0.15, 0.2) is 0 Å². The summed E-state index contributed by atoms with van der Waals surface area (Å²) in [6, 6.07) is 10.2. The molecule has 29 heavy (non-hydrogen) atoms. The lowest BCUT2D eigenvalue weighted by Crippen LogP contribution is -2.61. The molecule has 2 atom stereocenters. The number of alkyl halides is 3. The Bertz CT molecular complexity index is 1100. The number of thiazole rings is 1. The molecule has 2 aliphatic rings. The van der Waals surface area contributed by atoms with Crippen LogP contribution in [0.5, 0.6) is 5.75 Å². The van der Waals surface area contributed by atoms with Crippen LogP contribution in [0.4, 0.5) is 18.3 Å². The molecule has 0 fully saturated rings. The lowest BCUT2D eigenvalue weighted by molar-refractivity contribution is -0.270. The van der Waals surface area contributed by atoms with Crippen molar-refractivity contribution in [3.05, 3.63) is 59.7 Å². The predicted molar refractivity (Wildman–Crippen MR) is 101 cm³/mol. The SMILES string of the molecule is OC1(C(F)(F)F)C2COc3ccccc3C2=NN1c1nc(-c2cccnc2)cs1. The Morgan fingerprint density at radius 2 is 2.03 bits per heavy atom. The maximum atomic E-state index is 14.1. The van der Waals surface area contributed by atoms with Gasteiger partial charge in [-0.3, -0.25) is 4.98 Å². The molecule has 6 nitrogen and oxygen atoms in total. The number of anilines is 1. The summed E-state index contributed by atoms with van der Waals surface area (Å²) in [7, 11) is 0. The van der Waals surface area contributed by atoms with Gasteiger partial charge in [-0.2, -0.15) is 23.3 Å². The van der Waals surface area contributed by atoms with Crippen molar-refractivity contribution in [3.63, 3.8) is 0 Å². The summed E-state index contributed by atoms with van der Waals surface area (Å²) < 4.78 is 47.8. The Morgan fingerprint density at radius 3 is 2.79 bits per heavy atom. The standard InChI is InChI=1S/C19H13F3N4O2S/c20-19(21,22)18(27)13-9-28-15-6-2-1-5-12(15)16(13)25-26(18)17-24-14(10-29-17)11-4-3-7-23-8-11/h1-8,10,13,27H,9H2. The van der Waals surface area contributed by atoms with Crippen LogP contribution in [0.25, 0.3) is 11.3 Å². The average molecular weight is 418 g/mol. The quantitative estimate of drug-likeness (QED) is 0.688. The topological polar surface area (TPSA) is 70.8 Å². The van der Waals surface area contributed by atoms with E-state index in [0.29, 0.717) is 27.6 Å². The molecule has 10 heteroatoms. The Morgan fingerprint density at radius 1 is 1.21 bits per heavy atom. The summed E-state index contributed by atoms with van der Waals surface area (Å²) in [6.07, 6.45) is -1.83. The molecule has 3 aromatic rings. The smallest absolute Gasteiger partial charge is 0.439 e. The van der Waals surface area contributed by atoms with Crippen molar-refractivity contribution in [2.45, 2.75) is 11.9 Å². The van der Waals surface area contributed by atoms with Crippen LogP contribution in [0.2, 0.25) is 0 Å². The first-order valence-electron chi connectivity index (χ1n) is 8.65. The van der Waals surface area contributed by atoms with Crippen molar-refractivity contribution in [3.8, 4) is 17.0 Å². The molecule has 2 aromatic heterocycles. The Labute approximate surface area is 166 Å². The van der Waals surface area contributed by atoms with E-state index in [0.717, 1.165) is 11.3 Å². The summed E-state index contributed by atoms with van der Waals surface area (Å²) >= 11 is 0.966. The van der Waals surface area contributed by atoms with E-state index in [1.165, 1.54) is 0 Å². The van der Waals surface area contributed by atoms with Gasteiger partial charge in [0.25, 0.3) is 5.72 Å². The van der Waals surface area contributed by atoms with Gasteiger partial charge in [0.2, 0.25) is 5.13 Å². The van der Waals surface area contributed by atoms with Gasteiger partial charge in [0.1, 0.15) is 12.4 Å². The molecule has 0 saturated carbocycles. The van der Waals surface area contributed by atoms with Crippen molar-refractivity contribution < 1.29 is 23.0 Å². The zero-order chi connectivity index (χ0) is 20.2. The minimum absolute atomic E-state index is 0.0666. The van der Waals surface area contributed by atoms with Crippen LogP contribution in [-0.4, -0.2) is 39.3 Å². The minimum atomic E-state index is -4.99. The third-order valence-corrected chi connectivity index (χ3v) is 5.78. The van der Waals surface area contributed by atoms with Gasteiger partial charge in [-0.15, -0.1) is 11.3 Å². The number of nitrogens with zero attached hydrogens (tertiary/aromatic N) is 4. The molecule has 0 spiro atoms. The molecule has 2 aliphatic heterocycles. The molecule has 0 amide bonds. The van der Waals surface area contributed by atoms with Crippen LogP contribution in [0.15, 0.2) is 59.3 Å². The van der Waals surface area contributed by atoms with E-state index in [1.807, 2.05) is 0 Å². The Kier molecular flexibility index (Phi) is 3.90. The first-order chi connectivity index (χ1) is 13.9. The Balaban J connectivity index is 1.63. The number of hydrogen-bond donors (Lipinski definition) is 1. The number of halogens is 3. The molecule has 5 rings (SSSR count). The molecule has 0 saturated heterocycles. The Hall–Kier alpha value is -2.98. The molecule has 0 aliphatic carbocycles. The largest absolute Gasteiger partial charge is 0.492 e. The maximum Gasteiger partial charge on any atom is 0.439 e. The van der Waals surface area contributed by atoms with Crippen molar-refractivity contribution in [2.75, 3.05) is 11.6 Å². The lowest BCUT2D eigenvalue weighted by atomic mass is 9.86. The number of pyridine rings is 1. The van der Waals surface area contributed by atoms with E-state index in [4.69, 9.17) is 4.74 Å². The van der Waals surface area contributed by atoms with Crippen LogP contribution >= 0.6 is 11.3 Å². The fourth-order valence-electron chi connectivity index (χ4n) is 3.52. The monoisotopic (exact) mass is 418 g/mol. The second kappa shape index (κ2) is 6.26. The van der Waals surface area contributed by atoms with E-state index in [9.17, 15) is 18.3 Å². The van der Waals surface area contributed by atoms with Gasteiger partial charge in [-0.05, 0) is 24.3 Å². The highest BCUT2D eigenvalue weighted by molar-refractivity contribution is 7.14. The number of hydrazone groups is 1. The number of aromatic nitrogens is 2. The number of fused-ring (bicyclic) bond motifs is 3. The van der Waals surface area contributed by atoms with Crippen molar-refractivity contribution >= 4 is 22.2 Å². The third kappa shape index (κ3) is 2.63.